The van der Waals surface area contributed by atoms with Gasteiger partial charge in [-0.15, -0.1) is 0 Å². The third kappa shape index (κ3) is 3.55. The Morgan fingerprint density at radius 3 is 2.60 bits per heavy atom. The average Bonchev–Trinajstić information content (AvgIpc) is 2.08. The highest BCUT2D eigenvalue weighted by Gasteiger charge is 2.25. The van der Waals surface area contributed by atoms with Gasteiger partial charge in [0.15, 0.2) is 0 Å². The van der Waals surface area contributed by atoms with Crippen LogP contribution in [0.25, 0.3) is 0 Å². The van der Waals surface area contributed by atoms with Crippen molar-refractivity contribution in [1.82, 2.24) is 0 Å². The van der Waals surface area contributed by atoms with Crippen molar-refractivity contribution in [3.63, 3.8) is 0 Å². The van der Waals surface area contributed by atoms with Gasteiger partial charge in [-0.3, -0.25) is 4.57 Å². The van der Waals surface area contributed by atoms with Gasteiger partial charge < -0.3 is 15.5 Å². The maximum Gasteiger partial charge on any atom is 0.342 e. The lowest BCUT2D eigenvalue weighted by Crippen LogP contribution is -2.22. The van der Waals surface area contributed by atoms with E-state index in [1.807, 2.05) is 0 Å². The zero-order chi connectivity index (χ0) is 11.6. The molecule has 1 rings (SSSR count). The van der Waals surface area contributed by atoms with E-state index in [2.05, 4.69) is 0 Å². The van der Waals surface area contributed by atoms with Crippen molar-refractivity contribution < 1.29 is 18.7 Å². The second-order valence-electron chi connectivity index (χ2n) is 3.10. The van der Waals surface area contributed by atoms with Crippen LogP contribution in [0.3, 0.4) is 0 Å². The predicted molar refractivity (Wildman–Crippen MR) is 55.1 cm³/mol. The Balaban J connectivity index is 2.86. The SMILES string of the molecule is NC(Cc1ccc(F)cc1Cl)P(=O)(O)O. The van der Waals surface area contributed by atoms with Crippen LogP contribution >= 0.6 is 19.2 Å². The lowest BCUT2D eigenvalue weighted by molar-refractivity contribution is 0.358. The molecule has 0 aliphatic carbocycles. The van der Waals surface area contributed by atoms with Crippen molar-refractivity contribution in [1.29, 1.82) is 0 Å². The lowest BCUT2D eigenvalue weighted by atomic mass is 10.1. The number of benzene rings is 1. The van der Waals surface area contributed by atoms with Crippen molar-refractivity contribution in [2.45, 2.75) is 12.2 Å². The molecule has 0 aliphatic heterocycles. The first-order valence-electron chi connectivity index (χ1n) is 4.05. The molecule has 7 heteroatoms. The van der Waals surface area contributed by atoms with Gasteiger partial charge in [0, 0.05) is 11.4 Å². The van der Waals surface area contributed by atoms with Crippen LogP contribution in [-0.4, -0.2) is 15.6 Å². The van der Waals surface area contributed by atoms with Gasteiger partial charge >= 0.3 is 7.60 Å². The first-order valence-corrected chi connectivity index (χ1v) is 6.11. The quantitative estimate of drug-likeness (QED) is 0.713. The summed E-state index contributed by atoms with van der Waals surface area (Å²) in [7, 11) is -4.33. The Kier molecular flexibility index (Phi) is 3.87. The van der Waals surface area contributed by atoms with Crippen LogP contribution in [0.1, 0.15) is 5.56 Å². The molecule has 1 atom stereocenters. The minimum atomic E-state index is -4.33. The van der Waals surface area contributed by atoms with E-state index in [4.69, 9.17) is 27.1 Å². The fourth-order valence-corrected chi connectivity index (χ4v) is 1.71. The van der Waals surface area contributed by atoms with Crippen LogP contribution in [0, 0.1) is 5.82 Å². The van der Waals surface area contributed by atoms with E-state index in [-0.39, 0.29) is 11.4 Å². The molecule has 0 saturated carbocycles. The molecule has 1 unspecified atom stereocenters. The van der Waals surface area contributed by atoms with Crippen LogP contribution in [-0.2, 0) is 11.0 Å². The highest BCUT2D eigenvalue weighted by atomic mass is 35.5. The highest BCUT2D eigenvalue weighted by molar-refractivity contribution is 7.52. The van der Waals surface area contributed by atoms with E-state index in [0.717, 1.165) is 12.1 Å². The summed E-state index contributed by atoms with van der Waals surface area (Å²) < 4.78 is 23.4. The molecule has 0 aliphatic rings. The summed E-state index contributed by atoms with van der Waals surface area (Å²) in [5, 5.41) is 0.110. The van der Waals surface area contributed by atoms with Crippen molar-refractivity contribution in [3.8, 4) is 0 Å². The number of halogens is 2. The third-order valence-corrected chi connectivity index (χ3v) is 3.27. The van der Waals surface area contributed by atoms with Gasteiger partial charge in [-0.2, -0.15) is 0 Å². The van der Waals surface area contributed by atoms with Gasteiger partial charge in [0.05, 0.1) is 0 Å². The van der Waals surface area contributed by atoms with E-state index in [1.165, 1.54) is 6.07 Å². The molecular weight excluding hydrogens is 244 g/mol. The molecule has 4 N–H and O–H groups in total. The molecule has 1 aromatic carbocycles. The minimum absolute atomic E-state index is 0.0939. The summed E-state index contributed by atoms with van der Waals surface area (Å²) >= 11 is 5.68. The van der Waals surface area contributed by atoms with Crippen LogP contribution in [0.2, 0.25) is 5.02 Å². The third-order valence-electron chi connectivity index (χ3n) is 1.88. The van der Waals surface area contributed by atoms with Crippen molar-refractivity contribution in [2.75, 3.05) is 0 Å². The molecule has 0 amide bonds. The largest absolute Gasteiger partial charge is 0.342 e. The molecule has 0 saturated heterocycles. The number of nitrogens with two attached hydrogens (primary N) is 1. The molecular formula is C8H10ClFNO3P. The highest BCUT2D eigenvalue weighted by Crippen LogP contribution is 2.40. The Morgan fingerprint density at radius 1 is 1.53 bits per heavy atom. The van der Waals surface area contributed by atoms with Gasteiger partial charge in [-0.1, -0.05) is 17.7 Å². The second kappa shape index (κ2) is 4.60. The van der Waals surface area contributed by atoms with Crippen molar-refractivity contribution >= 4 is 19.2 Å². The summed E-state index contributed by atoms with van der Waals surface area (Å²) in [4.78, 5) is 17.5. The lowest BCUT2D eigenvalue weighted by Gasteiger charge is -2.13. The standard InChI is InChI=1S/C8H10ClFNO3P/c9-7-4-6(10)2-1-5(7)3-8(11)15(12,13)14/h1-2,4,8H,3,11H2,(H2,12,13,14). The molecule has 1 aromatic rings. The molecule has 0 radical (unpaired) electrons. The van der Waals surface area contributed by atoms with E-state index in [0.29, 0.717) is 5.56 Å². The summed E-state index contributed by atoms with van der Waals surface area (Å²) in [5.41, 5.74) is 5.69. The first-order chi connectivity index (χ1) is 6.80. The van der Waals surface area contributed by atoms with Gasteiger partial charge in [-0.05, 0) is 17.7 Å². The maximum atomic E-state index is 12.6. The molecule has 0 fully saturated rings. The van der Waals surface area contributed by atoms with Gasteiger partial charge in [-0.25, -0.2) is 4.39 Å². The monoisotopic (exact) mass is 253 g/mol. The van der Waals surface area contributed by atoms with E-state index < -0.39 is 19.2 Å². The summed E-state index contributed by atoms with van der Waals surface area (Å²) in [6.07, 6.45) is -0.0939. The maximum absolute atomic E-state index is 12.6. The second-order valence-corrected chi connectivity index (χ2v) is 5.34. The Labute approximate surface area is 91.0 Å². The Morgan fingerprint density at radius 2 is 2.13 bits per heavy atom. The van der Waals surface area contributed by atoms with Gasteiger partial charge in [0.1, 0.15) is 11.6 Å². The number of hydrogen-bond donors (Lipinski definition) is 3. The minimum Gasteiger partial charge on any atom is -0.323 e. The molecule has 4 nitrogen and oxygen atoms in total. The van der Waals surface area contributed by atoms with E-state index >= 15 is 0 Å². The molecule has 84 valence electrons. The molecule has 0 heterocycles. The van der Waals surface area contributed by atoms with Crippen molar-refractivity contribution in [3.05, 3.63) is 34.6 Å². The van der Waals surface area contributed by atoms with E-state index in [1.54, 1.807) is 0 Å². The van der Waals surface area contributed by atoms with Crippen LogP contribution in [0.15, 0.2) is 18.2 Å². The predicted octanol–water partition coefficient (Wildman–Crippen LogP) is 1.48. The van der Waals surface area contributed by atoms with Crippen LogP contribution in [0.4, 0.5) is 4.39 Å². The topological polar surface area (TPSA) is 83.6 Å². The molecule has 0 aromatic heterocycles. The molecule has 15 heavy (non-hydrogen) atoms. The fourth-order valence-electron chi connectivity index (χ4n) is 1.03. The van der Waals surface area contributed by atoms with Crippen molar-refractivity contribution in [2.24, 2.45) is 5.73 Å². The van der Waals surface area contributed by atoms with Crippen LogP contribution in [0.5, 0.6) is 0 Å². The van der Waals surface area contributed by atoms with Gasteiger partial charge in [0.25, 0.3) is 0 Å². The number of hydrogen-bond acceptors (Lipinski definition) is 2. The first kappa shape index (κ1) is 12.6. The average molecular weight is 254 g/mol. The zero-order valence-corrected chi connectivity index (χ0v) is 9.25. The fraction of sp³-hybridized carbons (Fsp3) is 0.250. The van der Waals surface area contributed by atoms with E-state index in [9.17, 15) is 8.96 Å². The Hall–Kier alpha value is -0.450. The summed E-state index contributed by atoms with van der Waals surface area (Å²) in [6, 6.07) is 3.59. The normalized spacial score (nSPS) is 13.9. The summed E-state index contributed by atoms with van der Waals surface area (Å²) in [6.45, 7) is 0. The van der Waals surface area contributed by atoms with Crippen LogP contribution < -0.4 is 5.73 Å². The molecule has 0 spiro atoms. The van der Waals surface area contributed by atoms with Gasteiger partial charge in [0.2, 0.25) is 0 Å². The Bertz CT molecular complexity index is 409. The molecule has 0 bridgehead atoms. The number of rotatable bonds is 3. The smallest absolute Gasteiger partial charge is 0.323 e. The zero-order valence-electron chi connectivity index (χ0n) is 7.60. The summed E-state index contributed by atoms with van der Waals surface area (Å²) in [5.74, 6) is -1.83.